The van der Waals surface area contributed by atoms with Crippen molar-refractivity contribution in [2.75, 3.05) is 19.5 Å². The molecule has 2 aromatic carbocycles. The molecular weight excluding hydrogens is 380 g/mol. The van der Waals surface area contributed by atoms with Crippen molar-refractivity contribution >= 4 is 27.7 Å². The Labute approximate surface area is 164 Å². The van der Waals surface area contributed by atoms with Gasteiger partial charge in [0, 0.05) is 12.1 Å². The van der Waals surface area contributed by atoms with Gasteiger partial charge in [-0.2, -0.15) is 0 Å². The zero-order valence-corrected chi connectivity index (χ0v) is 16.5. The maximum atomic E-state index is 12.4. The zero-order valence-electron chi connectivity index (χ0n) is 15.6. The van der Waals surface area contributed by atoms with Crippen molar-refractivity contribution in [3.05, 3.63) is 54.1 Å². The van der Waals surface area contributed by atoms with Gasteiger partial charge in [0.25, 0.3) is 0 Å². The van der Waals surface area contributed by atoms with Crippen LogP contribution in [0.15, 0.2) is 53.4 Å². The van der Waals surface area contributed by atoms with Gasteiger partial charge in [0.15, 0.2) is 0 Å². The summed E-state index contributed by atoms with van der Waals surface area (Å²) in [6.45, 7) is 0. The van der Waals surface area contributed by atoms with Crippen LogP contribution >= 0.6 is 0 Å². The van der Waals surface area contributed by atoms with Gasteiger partial charge < -0.3 is 14.8 Å². The number of rotatable bonds is 8. The molecule has 28 heavy (non-hydrogen) atoms. The van der Waals surface area contributed by atoms with Crippen LogP contribution in [0.1, 0.15) is 18.4 Å². The van der Waals surface area contributed by atoms with E-state index in [1.807, 2.05) is 18.2 Å². The molecule has 1 aliphatic rings. The minimum atomic E-state index is -3.63. The Morgan fingerprint density at radius 3 is 2.57 bits per heavy atom. The van der Waals surface area contributed by atoms with Gasteiger partial charge in [-0.05, 0) is 54.8 Å². The Kier molecular flexibility index (Phi) is 6.01. The summed E-state index contributed by atoms with van der Waals surface area (Å²) < 4.78 is 37.8. The average Bonchev–Trinajstić information content (AvgIpc) is 3.49. The molecule has 0 aromatic heterocycles. The van der Waals surface area contributed by atoms with E-state index < -0.39 is 15.9 Å². The summed E-state index contributed by atoms with van der Waals surface area (Å²) in [5.41, 5.74) is 1.08. The summed E-state index contributed by atoms with van der Waals surface area (Å²) in [4.78, 5) is 12.4. The third-order valence-electron chi connectivity index (χ3n) is 4.16. The zero-order chi connectivity index (χ0) is 20.1. The normalized spacial score (nSPS) is 14.1. The van der Waals surface area contributed by atoms with Gasteiger partial charge in [-0.25, -0.2) is 13.1 Å². The summed E-state index contributed by atoms with van der Waals surface area (Å²) in [6, 6.07) is 11.6. The first-order chi connectivity index (χ1) is 13.4. The molecule has 0 unspecified atom stereocenters. The number of hydrogen-bond acceptors (Lipinski definition) is 5. The highest BCUT2D eigenvalue weighted by atomic mass is 32.2. The van der Waals surface area contributed by atoms with Crippen LogP contribution in [0, 0.1) is 0 Å². The van der Waals surface area contributed by atoms with E-state index in [1.165, 1.54) is 31.4 Å². The van der Waals surface area contributed by atoms with Crippen LogP contribution in [-0.4, -0.2) is 34.6 Å². The number of carbonyl (C=O) groups excluding carboxylic acids is 1. The smallest absolute Gasteiger partial charge is 0.248 e. The summed E-state index contributed by atoms with van der Waals surface area (Å²) in [6.07, 6.45) is 4.68. The molecule has 0 aliphatic heterocycles. The molecule has 1 aliphatic carbocycles. The quantitative estimate of drug-likeness (QED) is 0.662. The Balaban J connectivity index is 1.76. The molecule has 0 radical (unpaired) electrons. The first-order valence-electron chi connectivity index (χ1n) is 8.75. The molecule has 0 bridgehead atoms. The highest BCUT2D eigenvalue weighted by Crippen LogP contribution is 2.29. The molecule has 0 saturated heterocycles. The van der Waals surface area contributed by atoms with Crippen LogP contribution in [0.25, 0.3) is 6.08 Å². The Morgan fingerprint density at radius 2 is 1.89 bits per heavy atom. The van der Waals surface area contributed by atoms with Crippen molar-refractivity contribution in [3.63, 3.8) is 0 Å². The van der Waals surface area contributed by atoms with Gasteiger partial charge >= 0.3 is 0 Å². The molecule has 1 saturated carbocycles. The fourth-order valence-corrected chi connectivity index (χ4v) is 3.86. The topological polar surface area (TPSA) is 93.7 Å². The second-order valence-electron chi connectivity index (χ2n) is 6.36. The number of ether oxygens (including phenoxy) is 2. The van der Waals surface area contributed by atoms with Crippen LogP contribution < -0.4 is 19.5 Å². The second-order valence-corrected chi connectivity index (χ2v) is 8.07. The monoisotopic (exact) mass is 402 g/mol. The Bertz CT molecular complexity index is 997. The number of amides is 1. The largest absolute Gasteiger partial charge is 0.497 e. The van der Waals surface area contributed by atoms with Crippen LogP contribution in [0.5, 0.6) is 11.5 Å². The van der Waals surface area contributed by atoms with Crippen molar-refractivity contribution in [3.8, 4) is 11.5 Å². The lowest BCUT2D eigenvalue weighted by Gasteiger charge is -2.12. The molecule has 0 spiro atoms. The Hall–Kier alpha value is -2.84. The number of hydrogen-bond donors (Lipinski definition) is 2. The molecule has 8 heteroatoms. The van der Waals surface area contributed by atoms with Crippen LogP contribution in [0.2, 0.25) is 0 Å². The number of methoxy groups -OCH3 is 2. The molecule has 7 nitrogen and oxygen atoms in total. The SMILES string of the molecule is COc1cccc(/C=C/C(=O)Nc2cc(S(=O)(=O)NC3CC3)ccc2OC)c1. The number of nitrogens with one attached hydrogen (secondary N) is 2. The minimum Gasteiger partial charge on any atom is -0.497 e. The number of anilines is 1. The Morgan fingerprint density at radius 1 is 1.11 bits per heavy atom. The number of benzene rings is 2. The molecule has 2 aromatic rings. The van der Waals surface area contributed by atoms with Crippen molar-refractivity contribution in [2.45, 2.75) is 23.8 Å². The van der Waals surface area contributed by atoms with Crippen molar-refractivity contribution < 1.29 is 22.7 Å². The van der Waals surface area contributed by atoms with E-state index >= 15 is 0 Å². The number of carbonyl (C=O) groups is 1. The fourth-order valence-electron chi connectivity index (χ4n) is 2.53. The minimum absolute atomic E-state index is 0.00376. The van der Waals surface area contributed by atoms with Crippen molar-refractivity contribution in [2.24, 2.45) is 0 Å². The maximum Gasteiger partial charge on any atom is 0.248 e. The van der Waals surface area contributed by atoms with E-state index in [2.05, 4.69) is 10.0 Å². The van der Waals surface area contributed by atoms with E-state index in [1.54, 1.807) is 19.3 Å². The molecule has 2 N–H and O–H groups in total. The first kappa shape index (κ1) is 19.9. The van der Waals surface area contributed by atoms with Gasteiger partial charge in [0.1, 0.15) is 11.5 Å². The third-order valence-corrected chi connectivity index (χ3v) is 5.68. The fraction of sp³-hybridized carbons (Fsp3) is 0.250. The third kappa shape index (κ3) is 5.11. The van der Waals surface area contributed by atoms with Crippen LogP contribution in [0.3, 0.4) is 0 Å². The molecule has 0 atom stereocenters. The lowest BCUT2D eigenvalue weighted by Crippen LogP contribution is -2.25. The van der Waals surface area contributed by atoms with Crippen molar-refractivity contribution in [1.82, 2.24) is 4.72 Å². The molecule has 1 fully saturated rings. The van der Waals surface area contributed by atoms with Gasteiger partial charge in [0.2, 0.25) is 15.9 Å². The highest BCUT2D eigenvalue weighted by molar-refractivity contribution is 7.89. The van der Waals surface area contributed by atoms with E-state index in [-0.39, 0.29) is 16.6 Å². The summed E-state index contributed by atoms with van der Waals surface area (Å²) >= 11 is 0. The summed E-state index contributed by atoms with van der Waals surface area (Å²) in [7, 11) is -0.610. The van der Waals surface area contributed by atoms with Gasteiger partial charge in [-0.1, -0.05) is 12.1 Å². The lowest BCUT2D eigenvalue weighted by molar-refractivity contribution is -0.111. The predicted molar refractivity (Wildman–Crippen MR) is 107 cm³/mol. The van der Waals surface area contributed by atoms with E-state index in [9.17, 15) is 13.2 Å². The number of sulfonamides is 1. The van der Waals surface area contributed by atoms with Crippen LogP contribution in [-0.2, 0) is 14.8 Å². The summed E-state index contributed by atoms with van der Waals surface area (Å²) in [5.74, 6) is 0.643. The van der Waals surface area contributed by atoms with E-state index in [4.69, 9.17) is 9.47 Å². The average molecular weight is 402 g/mol. The van der Waals surface area contributed by atoms with Gasteiger partial charge in [0.05, 0.1) is 24.8 Å². The molecule has 148 valence electrons. The molecular formula is C20H22N2O5S. The molecule has 1 amide bonds. The molecule has 0 heterocycles. The first-order valence-corrected chi connectivity index (χ1v) is 10.2. The standard InChI is InChI=1S/C20H22N2O5S/c1-26-16-5-3-4-14(12-16)6-11-20(23)21-18-13-17(9-10-19(18)27-2)28(24,25)22-15-7-8-15/h3-6,9-13,15,22H,7-8H2,1-2H3,(H,21,23)/b11-6+. The van der Waals surface area contributed by atoms with Gasteiger partial charge in [-0.3, -0.25) is 4.79 Å². The van der Waals surface area contributed by atoms with Crippen LogP contribution in [0.4, 0.5) is 5.69 Å². The summed E-state index contributed by atoms with van der Waals surface area (Å²) in [5, 5.41) is 2.67. The van der Waals surface area contributed by atoms with Crippen molar-refractivity contribution in [1.29, 1.82) is 0 Å². The molecule has 3 rings (SSSR count). The lowest BCUT2D eigenvalue weighted by atomic mass is 10.2. The second kappa shape index (κ2) is 8.45. The predicted octanol–water partition coefficient (Wildman–Crippen LogP) is 2.80. The highest BCUT2D eigenvalue weighted by Gasteiger charge is 2.28. The maximum absolute atomic E-state index is 12.4. The van der Waals surface area contributed by atoms with E-state index in [0.717, 1.165) is 18.4 Å². The van der Waals surface area contributed by atoms with Gasteiger partial charge in [-0.15, -0.1) is 0 Å². The van der Waals surface area contributed by atoms with E-state index in [0.29, 0.717) is 11.5 Å².